The zero-order chi connectivity index (χ0) is 13.5. The van der Waals surface area contributed by atoms with Crippen LogP contribution in [0.3, 0.4) is 0 Å². The number of hydrogen-bond acceptors (Lipinski definition) is 4. The number of aromatic nitrogens is 1. The van der Waals surface area contributed by atoms with Gasteiger partial charge >= 0.3 is 0 Å². The largest absolute Gasteiger partial charge is 0.479 e. The molecule has 5 heteroatoms. The Bertz CT molecular complexity index is 466. The summed E-state index contributed by atoms with van der Waals surface area (Å²) in [6.07, 6.45) is 4.34. The highest BCUT2D eigenvalue weighted by Gasteiger charge is 2.16. The van der Waals surface area contributed by atoms with E-state index in [4.69, 9.17) is 16.3 Å². The lowest BCUT2D eigenvalue weighted by Crippen LogP contribution is -2.36. The molecule has 0 aliphatic heterocycles. The van der Waals surface area contributed by atoms with E-state index < -0.39 is 6.10 Å². The minimum absolute atomic E-state index is 0.158. The van der Waals surface area contributed by atoms with Crippen LogP contribution in [0, 0.1) is 19.3 Å². The van der Waals surface area contributed by atoms with Crippen LogP contribution < -0.4 is 10.1 Å². The molecule has 0 spiro atoms. The normalized spacial score (nSPS) is 11.4. The van der Waals surface area contributed by atoms with E-state index in [1.54, 1.807) is 19.1 Å². The maximum atomic E-state index is 11.6. The van der Waals surface area contributed by atoms with Crippen molar-refractivity contribution in [2.24, 2.45) is 0 Å². The van der Waals surface area contributed by atoms with Crippen molar-refractivity contribution in [2.45, 2.75) is 26.6 Å². The Morgan fingerprint density at radius 1 is 1.67 bits per heavy atom. The molecule has 0 radical (unpaired) electrons. The number of ether oxygens (including phenoxy) is 1. The maximum absolute atomic E-state index is 11.6. The Morgan fingerprint density at radius 3 is 3.00 bits per heavy atom. The number of carbonyl (C=O) groups is 1. The van der Waals surface area contributed by atoms with Crippen molar-refractivity contribution in [3.63, 3.8) is 0 Å². The molecule has 1 unspecified atom stereocenters. The Labute approximate surface area is 106 Å². The lowest BCUT2D eigenvalue weighted by Gasteiger charge is -2.15. The van der Waals surface area contributed by atoms with Crippen LogP contribution in [0.2, 0.25) is 0 Å². The Morgan fingerprint density at radius 2 is 2.39 bits per heavy atom. The van der Waals surface area contributed by atoms with Gasteiger partial charge in [-0.05, 0) is 26.0 Å². The summed E-state index contributed by atoms with van der Waals surface area (Å²) in [4.78, 5) is 15.7. The molecule has 0 fully saturated rings. The summed E-state index contributed by atoms with van der Waals surface area (Å²) in [5.41, 5.74) is 1.18. The second-order valence-electron chi connectivity index (χ2n) is 3.74. The zero-order valence-electron chi connectivity index (χ0n) is 10.4. The number of nitrogens with zero attached hydrogens (tertiary/aromatic N) is 1. The fraction of sp³-hybridized carbons (Fsp3) is 0.385. The molecular formula is C13H16N2O3. The molecular weight excluding hydrogens is 232 g/mol. The third kappa shape index (κ3) is 3.75. The molecule has 0 bridgehead atoms. The Hall–Kier alpha value is -2.06. The zero-order valence-corrected chi connectivity index (χ0v) is 10.4. The van der Waals surface area contributed by atoms with Crippen molar-refractivity contribution in [1.82, 2.24) is 10.3 Å². The number of hydrogen-bond donors (Lipinski definition) is 2. The number of aliphatic hydroxyl groups excluding tert-OH is 1. The van der Waals surface area contributed by atoms with Gasteiger partial charge in [0.25, 0.3) is 5.91 Å². The predicted octanol–water partition coefficient (Wildman–Crippen LogP) is 0.399. The molecule has 1 aromatic rings. The number of carbonyl (C=O) groups excluding carboxylic acids is 1. The average Bonchev–Trinajstić information content (AvgIpc) is 2.37. The predicted molar refractivity (Wildman–Crippen MR) is 66.8 cm³/mol. The third-order valence-corrected chi connectivity index (χ3v) is 2.26. The van der Waals surface area contributed by atoms with E-state index >= 15 is 0 Å². The topological polar surface area (TPSA) is 71.5 Å². The van der Waals surface area contributed by atoms with E-state index in [1.165, 1.54) is 0 Å². The van der Waals surface area contributed by atoms with E-state index in [2.05, 4.69) is 16.2 Å². The summed E-state index contributed by atoms with van der Waals surface area (Å²) in [5.74, 6) is 2.39. The van der Waals surface area contributed by atoms with Gasteiger partial charge in [0, 0.05) is 5.69 Å². The number of nitrogens with one attached hydrogen (secondary N) is 1. The highest BCUT2D eigenvalue weighted by molar-refractivity contribution is 5.80. The smallest absolute Gasteiger partial charge is 0.261 e. The molecule has 18 heavy (non-hydrogen) atoms. The van der Waals surface area contributed by atoms with Crippen LogP contribution in [0.1, 0.15) is 18.3 Å². The Balaban J connectivity index is 2.72. The standard InChI is InChI=1S/C13H16N2O3/c1-4-7-14-13(17)10(3)18-12-6-5-9(2)15-11(12)8-16/h1,5-6,10,16H,7-8H2,2-3H3,(H,14,17). The minimum atomic E-state index is -0.701. The van der Waals surface area contributed by atoms with Crippen LogP contribution in [-0.4, -0.2) is 28.6 Å². The first-order valence-corrected chi connectivity index (χ1v) is 5.53. The molecule has 96 valence electrons. The van der Waals surface area contributed by atoms with Crippen molar-refractivity contribution in [2.75, 3.05) is 6.54 Å². The summed E-state index contributed by atoms with van der Waals surface area (Å²) >= 11 is 0. The third-order valence-electron chi connectivity index (χ3n) is 2.26. The van der Waals surface area contributed by atoms with Crippen LogP contribution in [-0.2, 0) is 11.4 Å². The molecule has 0 saturated carbocycles. The maximum Gasteiger partial charge on any atom is 0.261 e. The number of aliphatic hydroxyl groups is 1. The molecule has 2 N–H and O–H groups in total. The summed E-state index contributed by atoms with van der Waals surface area (Å²) < 4.78 is 5.45. The van der Waals surface area contributed by atoms with Gasteiger partial charge in [-0.2, -0.15) is 0 Å². The fourth-order valence-corrected chi connectivity index (χ4v) is 1.34. The lowest BCUT2D eigenvalue weighted by atomic mass is 10.3. The van der Waals surface area contributed by atoms with Crippen molar-refractivity contribution >= 4 is 5.91 Å². The molecule has 5 nitrogen and oxygen atoms in total. The second kappa shape index (κ2) is 6.62. The summed E-state index contributed by atoms with van der Waals surface area (Å²) in [6.45, 7) is 3.33. The van der Waals surface area contributed by atoms with Crippen molar-refractivity contribution in [3.8, 4) is 18.1 Å². The number of terminal acetylenes is 1. The van der Waals surface area contributed by atoms with Crippen LogP contribution in [0.5, 0.6) is 5.75 Å². The van der Waals surface area contributed by atoms with E-state index in [0.717, 1.165) is 5.69 Å². The van der Waals surface area contributed by atoms with Gasteiger partial charge in [0.15, 0.2) is 6.10 Å². The minimum Gasteiger partial charge on any atom is -0.479 e. The average molecular weight is 248 g/mol. The number of aryl methyl sites for hydroxylation is 1. The van der Waals surface area contributed by atoms with Gasteiger partial charge in [-0.25, -0.2) is 0 Å². The molecule has 0 aromatic carbocycles. The van der Waals surface area contributed by atoms with E-state index in [-0.39, 0.29) is 19.1 Å². The van der Waals surface area contributed by atoms with Crippen molar-refractivity contribution < 1.29 is 14.6 Å². The van der Waals surface area contributed by atoms with Crippen molar-refractivity contribution in [3.05, 3.63) is 23.5 Å². The molecule has 0 aliphatic rings. The lowest BCUT2D eigenvalue weighted by molar-refractivity contribution is -0.127. The highest BCUT2D eigenvalue weighted by atomic mass is 16.5. The van der Waals surface area contributed by atoms with E-state index in [1.807, 2.05) is 6.92 Å². The summed E-state index contributed by atoms with van der Waals surface area (Å²) in [6, 6.07) is 3.43. The first-order chi connectivity index (χ1) is 8.58. The second-order valence-corrected chi connectivity index (χ2v) is 3.74. The highest BCUT2D eigenvalue weighted by Crippen LogP contribution is 2.18. The fourth-order valence-electron chi connectivity index (χ4n) is 1.34. The van der Waals surface area contributed by atoms with Gasteiger partial charge in [0.1, 0.15) is 11.4 Å². The quantitative estimate of drug-likeness (QED) is 0.740. The van der Waals surface area contributed by atoms with Gasteiger partial charge in [0.05, 0.1) is 13.2 Å². The molecule has 1 heterocycles. The van der Waals surface area contributed by atoms with Gasteiger partial charge in [-0.15, -0.1) is 6.42 Å². The van der Waals surface area contributed by atoms with E-state index in [9.17, 15) is 4.79 Å². The summed E-state index contributed by atoms with van der Waals surface area (Å²) in [5, 5.41) is 11.7. The molecule has 1 rings (SSSR count). The van der Waals surface area contributed by atoms with Gasteiger partial charge < -0.3 is 15.2 Å². The van der Waals surface area contributed by atoms with Crippen LogP contribution >= 0.6 is 0 Å². The Kier molecular flexibility index (Phi) is 5.15. The molecule has 1 aromatic heterocycles. The molecule has 0 aliphatic carbocycles. The van der Waals surface area contributed by atoms with E-state index in [0.29, 0.717) is 11.4 Å². The van der Waals surface area contributed by atoms with Gasteiger partial charge in [-0.3, -0.25) is 9.78 Å². The van der Waals surface area contributed by atoms with Crippen LogP contribution in [0.15, 0.2) is 12.1 Å². The summed E-state index contributed by atoms with van der Waals surface area (Å²) in [7, 11) is 0. The first-order valence-electron chi connectivity index (χ1n) is 5.53. The molecule has 1 atom stereocenters. The monoisotopic (exact) mass is 248 g/mol. The van der Waals surface area contributed by atoms with Crippen molar-refractivity contribution in [1.29, 1.82) is 0 Å². The molecule has 1 amide bonds. The van der Waals surface area contributed by atoms with Gasteiger partial charge in [0.2, 0.25) is 0 Å². The number of pyridine rings is 1. The number of amides is 1. The SMILES string of the molecule is C#CCNC(=O)C(C)Oc1ccc(C)nc1CO. The van der Waals surface area contributed by atoms with Crippen LogP contribution in [0.25, 0.3) is 0 Å². The van der Waals surface area contributed by atoms with Gasteiger partial charge in [-0.1, -0.05) is 5.92 Å². The number of rotatable bonds is 5. The first kappa shape index (κ1) is 14.0. The molecule has 0 saturated heterocycles. The van der Waals surface area contributed by atoms with Crippen LogP contribution in [0.4, 0.5) is 0 Å².